The van der Waals surface area contributed by atoms with Crippen molar-refractivity contribution >= 4 is 42.3 Å². The number of carboxylic acids is 2. The van der Waals surface area contributed by atoms with Gasteiger partial charge in [-0.05, 0) is 24.7 Å². The standard InChI is InChI=1S/C19H34N4O7S/c1-9(2)7-11(20)16(26)23-15(10(3)4)18(28)21-12(5-6-14(24)25)17(27)22-13(8-31)19(29)30/h9-13,15,31H,5-8,20H2,1-4H3,(H,21,28)(H,22,27)(H,23,26)(H,24,25)(H,29,30). The second-order valence-corrected chi connectivity index (χ2v) is 8.41. The van der Waals surface area contributed by atoms with Crippen LogP contribution in [0, 0.1) is 11.8 Å². The summed E-state index contributed by atoms with van der Waals surface area (Å²) in [6, 6.07) is -4.46. The molecule has 0 aliphatic heterocycles. The molecule has 4 atom stereocenters. The Morgan fingerprint density at radius 1 is 0.871 bits per heavy atom. The third-order valence-corrected chi connectivity index (χ3v) is 4.75. The number of carboxylic acid groups (broad SMARTS) is 2. The van der Waals surface area contributed by atoms with Crippen LogP contribution in [0.15, 0.2) is 0 Å². The second-order valence-electron chi connectivity index (χ2n) is 8.04. The van der Waals surface area contributed by atoms with Gasteiger partial charge in [-0.1, -0.05) is 27.7 Å². The van der Waals surface area contributed by atoms with Gasteiger partial charge in [0.2, 0.25) is 17.7 Å². The largest absolute Gasteiger partial charge is 0.481 e. The van der Waals surface area contributed by atoms with Gasteiger partial charge in [-0.3, -0.25) is 19.2 Å². The van der Waals surface area contributed by atoms with Crippen LogP contribution >= 0.6 is 12.6 Å². The van der Waals surface area contributed by atoms with Crippen molar-refractivity contribution in [3.05, 3.63) is 0 Å². The molecule has 12 heteroatoms. The van der Waals surface area contributed by atoms with Gasteiger partial charge in [0.15, 0.2) is 0 Å². The van der Waals surface area contributed by atoms with Crippen molar-refractivity contribution in [3.8, 4) is 0 Å². The lowest BCUT2D eigenvalue weighted by Gasteiger charge is -2.27. The van der Waals surface area contributed by atoms with Crippen molar-refractivity contribution in [1.82, 2.24) is 16.0 Å². The van der Waals surface area contributed by atoms with Crippen molar-refractivity contribution in [1.29, 1.82) is 0 Å². The Kier molecular flexibility index (Phi) is 12.8. The Balaban J connectivity index is 5.39. The zero-order valence-electron chi connectivity index (χ0n) is 18.3. The van der Waals surface area contributed by atoms with Gasteiger partial charge in [-0.25, -0.2) is 4.79 Å². The van der Waals surface area contributed by atoms with Crippen molar-refractivity contribution in [2.45, 2.75) is 71.1 Å². The minimum absolute atomic E-state index is 0.171. The maximum atomic E-state index is 12.8. The predicted molar refractivity (Wildman–Crippen MR) is 116 cm³/mol. The van der Waals surface area contributed by atoms with E-state index in [-0.39, 0.29) is 24.0 Å². The van der Waals surface area contributed by atoms with Crippen LogP contribution in [0.2, 0.25) is 0 Å². The first-order valence-corrected chi connectivity index (χ1v) is 10.6. The molecule has 0 aromatic heterocycles. The monoisotopic (exact) mass is 462 g/mol. The van der Waals surface area contributed by atoms with E-state index in [1.54, 1.807) is 13.8 Å². The molecule has 0 spiro atoms. The Morgan fingerprint density at radius 3 is 1.84 bits per heavy atom. The Bertz CT molecular complexity index is 657. The Labute approximate surface area is 187 Å². The lowest BCUT2D eigenvalue weighted by Crippen LogP contribution is -2.58. The molecule has 7 N–H and O–H groups in total. The molecule has 0 radical (unpaired) electrons. The maximum absolute atomic E-state index is 12.8. The highest BCUT2D eigenvalue weighted by molar-refractivity contribution is 7.80. The number of aliphatic carboxylic acids is 2. The molecule has 0 aromatic carbocycles. The highest BCUT2D eigenvalue weighted by atomic mass is 32.1. The highest BCUT2D eigenvalue weighted by Gasteiger charge is 2.31. The van der Waals surface area contributed by atoms with E-state index in [2.05, 4.69) is 28.6 Å². The molecule has 31 heavy (non-hydrogen) atoms. The third-order valence-electron chi connectivity index (χ3n) is 4.39. The minimum Gasteiger partial charge on any atom is -0.481 e. The van der Waals surface area contributed by atoms with Crippen LogP contribution in [-0.2, 0) is 24.0 Å². The van der Waals surface area contributed by atoms with Crippen LogP contribution < -0.4 is 21.7 Å². The normalized spacial score (nSPS) is 15.0. The molecule has 0 aromatic rings. The summed E-state index contributed by atoms with van der Waals surface area (Å²) in [5.74, 6) is -4.98. The maximum Gasteiger partial charge on any atom is 0.327 e. The zero-order valence-corrected chi connectivity index (χ0v) is 19.1. The molecule has 178 valence electrons. The van der Waals surface area contributed by atoms with E-state index in [4.69, 9.17) is 15.9 Å². The van der Waals surface area contributed by atoms with Crippen LogP contribution in [-0.4, -0.2) is 69.8 Å². The minimum atomic E-state index is -1.32. The summed E-state index contributed by atoms with van der Waals surface area (Å²) in [6.07, 6.45) is -0.283. The summed E-state index contributed by atoms with van der Waals surface area (Å²) in [6.45, 7) is 7.18. The molecular weight excluding hydrogens is 428 g/mol. The third kappa shape index (κ3) is 11.0. The fourth-order valence-electron chi connectivity index (χ4n) is 2.67. The molecule has 0 fully saturated rings. The molecular formula is C19H34N4O7S. The zero-order chi connectivity index (χ0) is 24.3. The lowest BCUT2D eigenvalue weighted by molar-refractivity contribution is -0.142. The van der Waals surface area contributed by atoms with Crippen LogP contribution in [0.5, 0.6) is 0 Å². The molecule has 4 unspecified atom stereocenters. The van der Waals surface area contributed by atoms with Crippen LogP contribution in [0.3, 0.4) is 0 Å². The molecule has 0 saturated heterocycles. The van der Waals surface area contributed by atoms with Gasteiger partial charge in [0.1, 0.15) is 18.1 Å². The fraction of sp³-hybridized carbons (Fsp3) is 0.737. The van der Waals surface area contributed by atoms with E-state index in [9.17, 15) is 24.0 Å². The number of rotatable bonds is 14. The molecule has 3 amide bonds. The van der Waals surface area contributed by atoms with Gasteiger partial charge in [0, 0.05) is 12.2 Å². The fourth-order valence-corrected chi connectivity index (χ4v) is 2.91. The van der Waals surface area contributed by atoms with Gasteiger partial charge < -0.3 is 31.9 Å². The number of thiol groups is 1. The number of hydrogen-bond donors (Lipinski definition) is 7. The SMILES string of the molecule is CC(C)CC(N)C(=O)NC(C(=O)NC(CCC(=O)O)C(=O)NC(CS)C(=O)O)C(C)C. The smallest absolute Gasteiger partial charge is 0.327 e. The Morgan fingerprint density at radius 2 is 1.42 bits per heavy atom. The number of nitrogens with two attached hydrogens (primary N) is 1. The van der Waals surface area contributed by atoms with E-state index in [1.807, 2.05) is 13.8 Å². The van der Waals surface area contributed by atoms with Crippen molar-refractivity contribution in [2.75, 3.05) is 5.75 Å². The van der Waals surface area contributed by atoms with E-state index >= 15 is 0 Å². The first-order chi connectivity index (χ1) is 14.3. The number of carbonyl (C=O) groups is 5. The van der Waals surface area contributed by atoms with Gasteiger partial charge in [-0.2, -0.15) is 12.6 Å². The molecule has 11 nitrogen and oxygen atoms in total. The van der Waals surface area contributed by atoms with Gasteiger partial charge in [0.05, 0.1) is 6.04 Å². The van der Waals surface area contributed by atoms with E-state index in [0.29, 0.717) is 6.42 Å². The van der Waals surface area contributed by atoms with Crippen molar-refractivity contribution < 1.29 is 34.2 Å². The number of amides is 3. The summed E-state index contributed by atoms with van der Waals surface area (Å²) >= 11 is 3.86. The van der Waals surface area contributed by atoms with Crippen LogP contribution in [0.25, 0.3) is 0 Å². The van der Waals surface area contributed by atoms with E-state index in [1.165, 1.54) is 0 Å². The summed E-state index contributed by atoms with van der Waals surface area (Å²) in [5, 5.41) is 25.2. The summed E-state index contributed by atoms with van der Waals surface area (Å²) in [5.41, 5.74) is 5.86. The summed E-state index contributed by atoms with van der Waals surface area (Å²) in [4.78, 5) is 59.7. The Hall–Kier alpha value is -2.34. The van der Waals surface area contributed by atoms with E-state index < -0.39 is 60.2 Å². The predicted octanol–water partition coefficient (Wildman–Crippen LogP) is -0.651. The number of hydrogen-bond acceptors (Lipinski definition) is 7. The first-order valence-electron chi connectivity index (χ1n) is 10.0. The van der Waals surface area contributed by atoms with Crippen LogP contribution in [0.4, 0.5) is 0 Å². The van der Waals surface area contributed by atoms with Gasteiger partial charge >= 0.3 is 11.9 Å². The molecule has 0 aliphatic carbocycles. The quantitative estimate of drug-likeness (QED) is 0.166. The molecule has 0 bridgehead atoms. The van der Waals surface area contributed by atoms with Crippen LogP contribution in [0.1, 0.15) is 47.0 Å². The molecule has 0 heterocycles. The molecule has 0 rings (SSSR count). The second kappa shape index (κ2) is 13.9. The number of carbonyl (C=O) groups excluding carboxylic acids is 3. The highest BCUT2D eigenvalue weighted by Crippen LogP contribution is 2.08. The average molecular weight is 463 g/mol. The average Bonchev–Trinajstić information content (AvgIpc) is 2.65. The molecule has 0 aliphatic rings. The van der Waals surface area contributed by atoms with Crippen molar-refractivity contribution in [2.24, 2.45) is 17.6 Å². The summed E-state index contributed by atoms with van der Waals surface area (Å²) in [7, 11) is 0. The molecule has 0 saturated carbocycles. The van der Waals surface area contributed by atoms with Crippen molar-refractivity contribution in [3.63, 3.8) is 0 Å². The van der Waals surface area contributed by atoms with Gasteiger partial charge in [0.25, 0.3) is 0 Å². The van der Waals surface area contributed by atoms with Gasteiger partial charge in [-0.15, -0.1) is 0 Å². The summed E-state index contributed by atoms with van der Waals surface area (Å²) < 4.78 is 0. The topological polar surface area (TPSA) is 188 Å². The lowest BCUT2D eigenvalue weighted by atomic mass is 9.99. The number of nitrogens with one attached hydrogen (secondary N) is 3. The first kappa shape index (κ1) is 28.7. The van der Waals surface area contributed by atoms with E-state index in [0.717, 1.165) is 0 Å².